The van der Waals surface area contributed by atoms with Crippen LogP contribution in [-0.2, 0) is 9.53 Å². The van der Waals surface area contributed by atoms with Crippen molar-refractivity contribution in [1.82, 2.24) is 5.32 Å². The number of carbonyl (C=O) groups excluding carboxylic acids is 1. The quantitative estimate of drug-likeness (QED) is 0.760. The van der Waals surface area contributed by atoms with Gasteiger partial charge in [0.15, 0.2) is 0 Å². The summed E-state index contributed by atoms with van der Waals surface area (Å²) in [5.74, 6) is 0.493. The van der Waals surface area contributed by atoms with Crippen molar-refractivity contribution in [3.8, 4) is 0 Å². The van der Waals surface area contributed by atoms with Crippen LogP contribution in [0.2, 0.25) is 0 Å². The minimum atomic E-state index is -0.334. The molecule has 3 N–H and O–H groups in total. The van der Waals surface area contributed by atoms with Crippen LogP contribution >= 0.6 is 0 Å². The molecule has 1 atom stereocenters. The van der Waals surface area contributed by atoms with Crippen LogP contribution < -0.4 is 11.1 Å². The zero-order chi connectivity index (χ0) is 13.6. The van der Waals surface area contributed by atoms with Gasteiger partial charge in [-0.05, 0) is 18.8 Å². The summed E-state index contributed by atoms with van der Waals surface area (Å²) in [7, 11) is 1.67. The molecule has 1 fully saturated rings. The molecule has 1 amide bonds. The number of methoxy groups -OCH3 is 1. The number of rotatable bonds is 6. The first kappa shape index (κ1) is 15.4. The predicted molar refractivity (Wildman–Crippen MR) is 73.2 cm³/mol. The van der Waals surface area contributed by atoms with Gasteiger partial charge in [0.25, 0.3) is 0 Å². The lowest BCUT2D eigenvalue weighted by molar-refractivity contribution is -0.134. The molecule has 0 heterocycles. The number of amides is 1. The van der Waals surface area contributed by atoms with Gasteiger partial charge in [0, 0.05) is 13.7 Å². The fourth-order valence-electron chi connectivity index (χ4n) is 2.65. The van der Waals surface area contributed by atoms with Gasteiger partial charge in [0.2, 0.25) is 5.91 Å². The van der Waals surface area contributed by atoms with E-state index in [-0.39, 0.29) is 17.4 Å². The van der Waals surface area contributed by atoms with Gasteiger partial charge in [0.05, 0.1) is 18.1 Å². The average Bonchev–Trinajstić information content (AvgIpc) is 2.38. The molecule has 1 saturated carbocycles. The fraction of sp³-hybridized carbons (Fsp3) is 0.929. The van der Waals surface area contributed by atoms with Gasteiger partial charge >= 0.3 is 0 Å². The highest BCUT2D eigenvalue weighted by atomic mass is 16.5. The van der Waals surface area contributed by atoms with E-state index < -0.39 is 0 Å². The van der Waals surface area contributed by atoms with E-state index in [4.69, 9.17) is 10.5 Å². The van der Waals surface area contributed by atoms with Crippen LogP contribution in [0.25, 0.3) is 0 Å². The van der Waals surface area contributed by atoms with Crippen molar-refractivity contribution >= 4 is 5.91 Å². The van der Waals surface area contributed by atoms with E-state index in [9.17, 15) is 4.79 Å². The molecule has 18 heavy (non-hydrogen) atoms. The SMILES string of the molecule is COCC(NC(=O)C1(CN)CCCCC1)C(C)C. The third-order valence-electron chi connectivity index (χ3n) is 4.15. The van der Waals surface area contributed by atoms with Gasteiger partial charge in [-0.15, -0.1) is 0 Å². The van der Waals surface area contributed by atoms with Gasteiger partial charge < -0.3 is 15.8 Å². The topological polar surface area (TPSA) is 64.3 Å². The summed E-state index contributed by atoms with van der Waals surface area (Å²) < 4.78 is 5.17. The largest absolute Gasteiger partial charge is 0.383 e. The Bertz CT molecular complexity index is 261. The van der Waals surface area contributed by atoms with Crippen LogP contribution in [0.5, 0.6) is 0 Å². The first-order valence-electron chi connectivity index (χ1n) is 7.05. The Morgan fingerprint density at radius 2 is 1.94 bits per heavy atom. The van der Waals surface area contributed by atoms with Crippen molar-refractivity contribution in [3.63, 3.8) is 0 Å². The second-order valence-electron chi connectivity index (χ2n) is 5.82. The minimum Gasteiger partial charge on any atom is -0.383 e. The van der Waals surface area contributed by atoms with Gasteiger partial charge in [-0.25, -0.2) is 0 Å². The molecule has 1 aliphatic rings. The lowest BCUT2D eigenvalue weighted by Gasteiger charge is -2.36. The van der Waals surface area contributed by atoms with Crippen LogP contribution in [0.15, 0.2) is 0 Å². The molecule has 0 bridgehead atoms. The second-order valence-corrected chi connectivity index (χ2v) is 5.82. The third-order valence-corrected chi connectivity index (χ3v) is 4.15. The van der Waals surface area contributed by atoms with Crippen molar-refractivity contribution < 1.29 is 9.53 Å². The molecule has 0 spiro atoms. The van der Waals surface area contributed by atoms with Crippen LogP contribution in [0.3, 0.4) is 0 Å². The van der Waals surface area contributed by atoms with Crippen molar-refractivity contribution in [1.29, 1.82) is 0 Å². The molecule has 1 aliphatic carbocycles. The molecule has 0 saturated heterocycles. The molecule has 106 valence electrons. The molecule has 4 heteroatoms. The van der Waals surface area contributed by atoms with Crippen molar-refractivity contribution in [2.45, 2.75) is 52.0 Å². The minimum absolute atomic E-state index is 0.0767. The summed E-state index contributed by atoms with van der Waals surface area (Å²) in [4.78, 5) is 12.5. The van der Waals surface area contributed by atoms with Gasteiger partial charge in [0.1, 0.15) is 0 Å². The number of ether oxygens (including phenoxy) is 1. The highest BCUT2D eigenvalue weighted by Gasteiger charge is 2.39. The van der Waals surface area contributed by atoms with E-state index >= 15 is 0 Å². The normalized spacial score (nSPS) is 20.7. The summed E-state index contributed by atoms with van der Waals surface area (Å²) in [5.41, 5.74) is 5.54. The Morgan fingerprint density at radius 1 is 1.33 bits per heavy atom. The van der Waals surface area contributed by atoms with Crippen LogP contribution in [0.1, 0.15) is 46.0 Å². The van der Waals surface area contributed by atoms with E-state index in [1.165, 1.54) is 6.42 Å². The third kappa shape index (κ3) is 3.69. The molecular weight excluding hydrogens is 228 g/mol. The van der Waals surface area contributed by atoms with Gasteiger partial charge in [-0.2, -0.15) is 0 Å². The Labute approximate surface area is 111 Å². The Hall–Kier alpha value is -0.610. The molecule has 4 nitrogen and oxygen atoms in total. The number of nitrogens with one attached hydrogen (secondary N) is 1. The number of hydrogen-bond acceptors (Lipinski definition) is 3. The molecule has 0 aromatic heterocycles. The summed E-state index contributed by atoms with van der Waals surface area (Å²) >= 11 is 0. The molecule has 0 aromatic rings. The Morgan fingerprint density at radius 3 is 2.39 bits per heavy atom. The monoisotopic (exact) mass is 256 g/mol. The molecule has 1 rings (SSSR count). The molecule has 0 aliphatic heterocycles. The van der Waals surface area contributed by atoms with Crippen molar-refractivity contribution in [2.75, 3.05) is 20.3 Å². The number of carbonyl (C=O) groups is 1. The zero-order valence-corrected chi connectivity index (χ0v) is 12.0. The van der Waals surface area contributed by atoms with E-state index in [0.29, 0.717) is 19.1 Å². The zero-order valence-electron chi connectivity index (χ0n) is 12.0. The standard InChI is InChI=1S/C14H28N2O2/c1-11(2)12(9-18-3)16-13(17)14(10-15)7-5-4-6-8-14/h11-12H,4-10,15H2,1-3H3,(H,16,17). The fourth-order valence-corrected chi connectivity index (χ4v) is 2.65. The van der Waals surface area contributed by atoms with Gasteiger partial charge in [-0.3, -0.25) is 4.79 Å². The van der Waals surface area contributed by atoms with E-state index in [2.05, 4.69) is 19.2 Å². The second kappa shape index (κ2) is 7.10. The van der Waals surface area contributed by atoms with E-state index in [1.54, 1.807) is 7.11 Å². The maximum Gasteiger partial charge on any atom is 0.227 e. The highest BCUT2D eigenvalue weighted by Crippen LogP contribution is 2.35. The van der Waals surface area contributed by atoms with Gasteiger partial charge in [-0.1, -0.05) is 33.1 Å². The lowest BCUT2D eigenvalue weighted by atomic mass is 9.73. The molecule has 0 aromatic carbocycles. The molecular formula is C14H28N2O2. The van der Waals surface area contributed by atoms with Crippen LogP contribution in [0, 0.1) is 11.3 Å². The Kier molecular flexibility index (Phi) is 6.09. The maximum atomic E-state index is 12.5. The lowest BCUT2D eigenvalue weighted by Crippen LogP contribution is -2.52. The molecule has 1 unspecified atom stereocenters. The highest BCUT2D eigenvalue weighted by molar-refractivity contribution is 5.83. The van der Waals surface area contributed by atoms with Crippen LogP contribution in [-0.4, -0.2) is 32.2 Å². The van der Waals surface area contributed by atoms with Crippen molar-refractivity contribution in [3.05, 3.63) is 0 Å². The first-order chi connectivity index (χ1) is 8.55. The Balaban J connectivity index is 2.65. The van der Waals surface area contributed by atoms with Crippen LogP contribution in [0.4, 0.5) is 0 Å². The smallest absolute Gasteiger partial charge is 0.227 e. The van der Waals surface area contributed by atoms with E-state index in [1.807, 2.05) is 0 Å². The summed E-state index contributed by atoms with van der Waals surface area (Å²) in [5, 5.41) is 3.13. The van der Waals surface area contributed by atoms with Crippen molar-refractivity contribution in [2.24, 2.45) is 17.1 Å². The van der Waals surface area contributed by atoms with E-state index in [0.717, 1.165) is 25.7 Å². The number of nitrogens with two attached hydrogens (primary N) is 1. The number of hydrogen-bond donors (Lipinski definition) is 2. The summed E-state index contributed by atoms with van der Waals surface area (Å²) in [6.45, 7) is 5.21. The first-order valence-corrected chi connectivity index (χ1v) is 7.05. The summed E-state index contributed by atoms with van der Waals surface area (Å²) in [6.07, 6.45) is 5.30. The predicted octanol–water partition coefficient (Wildman–Crippen LogP) is 1.68. The average molecular weight is 256 g/mol. The maximum absolute atomic E-state index is 12.5. The molecule has 0 radical (unpaired) electrons. The summed E-state index contributed by atoms with van der Waals surface area (Å²) in [6, 6.07) is 0.0767.